The van der Waals surface area contributed by atoms with Crippen molar-refractivity contribution in [3.05, 3.63) is 35.7 Å². The minimum absolute atomic E-state index is 0.135. The van der Waals surface area contributed by atoms with Crippen molar-refractivity contribution in [3.8, 4) is 0 Å². The third kappa shape index (κ3) is 4.31. The van der Waals surface area contributed by atoms with Crippen molar-refractivity contribution < 1.29 is 4.79 Å². The Labute approximate surface area is 144 Å². The molecule has 0 N–H and O–H groups in total. The minimum atomic E-state index is 0.135. The first kappa shape index (κ1) is 16.9. The zero-order chi connectivity index (χ0) is 16.9. The number of pyridine rings is 1. The van der Waals surface area contributed by atoms with Gasteiger partial charge in [-0.2, -0.15) is 0 Å². The molecule has 1 saturated carbocycles. The topological polar surface area (TPSA) is 45.6 Å². The van der Waals surface area contributed by atoms with Crippen LogP contribution in [-0.2, 0) is 4.79 Å². The molecule has 0 radical (unpaired) electrons. The molecule has 0 spiro atoms. The van der Waals surface area contributed by atoms with Crippen LogP contribution < -0.4 is 4.90 Å². The zero-order valence-electron chi connectivity index (χ0n) is 14.8. The van der Waals surface area contributed by atoms with Crippen LogP contribution in [0.1, 0.15) is 51.0 Å². The Morgan fingerprint density at radius 3 is 2.88 bits per heavy atom. The normalized spacial score (nSPS) is 21.8. The van der Waals surface area contributed by atoms with Crippen LogP contribution in [-0.4, -0.2) is 29.7 Å². The molecule has 4 nitrogen and oxygen atoms in total. The van der Waals surface area contributed by atoms with Gasteiger partial charge >= 0.3 is 0 Å². The summed E-state index contributed by atoms with van der Waals surface area (Å²) in [7, 11) is 0. The van der Waals surface area contributed by atoms with Crippen molar-refractivity contribution in [2.45, 2.75) is 52.4 Å². The number of nitrogens with zero attached hydrogens (tertiary/aromatic N) is 3. The van der Waals surface area contributed by atoms with Gasteiger partial charge in [-0.1, -0.05) is 6.08 Å². The molecule has 24 heavy (non-hydrogen) atoms. The standard InChI is InChI=1S/C20H27N3O/c1-15-6-4-3-5-11-23(19-14-21-10-9-16(19)2)20(24)12-18(15)22-13-17-7-8-17/h6,9-10,14,17H,3-5,7-8,11-13H2,1-2H3. The van der Waals surface area contributed by atoms with Gasteiger partial charge in [0.2, 0.25) is 5.91 Å². The molecule has 1 aliphatic carbocycles. The van der Waals surface area contributed by atoms with Crippen LogP contribution in [0.2, 0.25) is 0 Å². The van der Waals surface area contributed by atoms with E-state index < -0.39 is 0 Å². The summed E-state index contributed by atoms with van der Waals surface area (Å²) in [5.41, 5.74) is 4.18. The molecule has 2 aliphatic rings. The number of carbonyl (C=O) groups is 1. The van der Waals surface area contributed by atoms with Crippen LogP contribution in [0.3, 0.4) is 0 Å². The number of aryl methyl sites for hydroxylation is 1. The molecule has 1 aromatic heterocycles. The zero-order valence-corrected chi connectivity index (χ0v) is 14.8. The van der Waals surface area contributed by atoms with Crippen LogP contribution in [0.15, 0.2) is 35.1 Å². The second-order valence-corrected chi connectivity index (χ2v) is 7.00. The van der Waals surface area contributed by atoms with Gasteiger partial charge in [-0.3, -0.25) is 14.8 Å². The van der Waals surface area contributed by atoms with Gasteiger partial charge in [-0.15, -0.1) is 0 Å². The molecule has 0 unspecified atom stereocenters. The number of hydrogen-bond donors (Lipinski definition) is 0. The number of allylic oxidation sites excluding steroid dienone is 2. The van der Waals surface area contributed by atoms with Crippen LogP contribution in [0.5, 0.6) is 0 Å². The molecule has 0 saturated heterocycles. The van der Waals surface area contributed by atoms with E-state index in [1.807, 2.05) is 24.1 Å². The fourth-order valence-corrected chi connectivity index (χ4v) is 3.07. The number of hydrogen-bond acceptors (Lipinski definition) is 3. The summed E-state index contributed by atoms with van der Waals surface area (Å²) >= 11 is 0. The molecule has 3 rings (SSSR count). The first-order valence-electron chi connectivity index (χ1n) is 9.06. The third-order valence-corrected chi connectivity index (χ3v) is 4.90. The predicted octanol–water partition coefficient (Wildman–Crippen LogP) is 4.09. The molecule has 4 heteroatoms. The second-order valence-electron chi connectivity index (χ2n) is 7.00. The lowest BCUT2D eigenvalue weighted by atomic mass is 10.0. The average Bonchev–Trinajstić information content (AvgIpc) is 3.39. The minimum Gasteiger partial charge on any atom is -0.310 e. The first-order valence-corrected chi connectivity index (χ1v) is 9.06. The van der Waals surface area contributed by atoms with Gasteiger partial charge in [0.15, 0.2) is 0 Å². The highest BCUT2D eigenvalue weighted by molar-refractivity contribution is 6.14. The number of anilines is 1. The quantitative estimate of drug-likeness (QED) is 0.840. The molecule has 128 valence electrons. The lowest BCUT2D eigenvalue weighted by Gasteiger charge is -2.25. The lowest BCUT2D eigenvalue weighted by molar-refractivity contribution is -0.117. The van der Waals surface area contributed by atoms with E-state index in [2.05, 4.69) is 18.0 Å². The lowest BCUT2D eigenvalue weighted by Crippen LogP contribution is -2.34. The largest absolute Gasteiger partial charge is 0.310 e. The molecule has 1 aromatic rings. The van der Waals surface area contributed by atoms with Crippen molar-refractivity contribution in [1.29, 1.82) is 0 Å². The fraction of sp³-hybridized carbons (Fsp3) is 0.550. The van der Waals surface area contributed by atoms with Gasteiger partial charge in [0.25, 0.3) is 0 Å². The van der Waals surface area contributed by atoms with E-state index in [1.165, 1.54) is 18.4 Å². The summed E-state index contributed by atoms with van der Waals surface area (Å²) in [6.45, 7) is 5.77. The van der Waals surface area contributed by atoms with Crippen molar-refractivity contribution in [3.63, 3.8) is 0 Å². The van der Waals surface area contributed by atoms with E-state index in [9.17, 15) is 4.79 Å². The third-order valence-electron chi connectivity index (χ3n) is 4.90. The molecule has 0 bridgehead atoms. The number of amides is 1. The first-order chi connectivity index (χ1) is 11.6. The summed E-state index contributed by atoms with van der Waals surface area (Å²) < 4.78 is 0. The van der Waals surface area contributed by atoms with Gasteiger partial charge in [0.1, 0.15) is 0 Å². The van der Waals surface area contributed by atoms with E-state index in [4.69, 9.17) is 4.99 Å². The molecule has 2 heterocycles. The maximum Gasteiger partial charge on any atom is 0.233 e. The van der Waals surface area contributed by atoms with Gasteiger partial charge < -0.3 is 4.90 Å². The second kappa shape index (κ2) is 7.73. The SMILES string of the molecule is CC1=CCCCCN(c2cnccc2C)C(=O)CC1=NCC1CC1. The Kier molecular flexibility index (Phi) is 5.44. The van der Waals surface area contributed by atoms with E-state index in [-0.39, 0.29) is 5.91 Å². The van der Waals surface area contributed by atoms with Crippen molar-refractivity contribution in [1.82, 2.24) is 4.98 Å². The summed E-state index contributed by atoms with van der Waals surface area (Å²) in [6.07, 6.45) is 12.0. The number of rotatable bonds is 3. The van der Waals surface area contributed by atoms with Crippen molar-refractivity contribution in [2.24, 2.45) is 10.9 Å². The summed E-state index contributed by atoms with van der Waals surface area (Å²) in [5, 5.41) is 0. The molecular formula is C20H27N3O. The highest BCUT2D eigenvalue weighted by atomic mass is 16.2. The highest BCUT2D eigenvalue weighted by Gasteiger charge is 2.23. The van der Waals surface area contributed by atoms with E-state index in [1.54, 1.807) is 6.20 Å². The van der Waals surface area contributed by atoms with Gasteiger partial charge in [0, 0.05) is 25.0 Å². The van der Waals surface area contributed by atoms with Gasteiger partial charge in [0.05, 0.1) is 18.3 Å². The fourth-order valence-electron chi connectivity index (χ4n) is 3.07. The van der Waals surface area contributed by atoms with Crippen LogP contribution in [0.4, 0.5) is 5.69 Å². The van der Waals surface area contributed by atoms with Gasteiger partial charge in [-0.05, 0) is 69.1 Å². The monoisotopic (exact) mass is 325 g/mol. The predicted molar refractivity (Wildman–Crippen MR) is 98.6 cm³/mol. The maximum absolute atomic E-state index is 13.0. The Morgan fingerprint density at radius 1 is 1.29 bits per heavy atom. The molecule has 1 amide bonds. The Balaban J connectivity index is 1.84. The van der Waals surface area contributed by atoms with Crippen molar-refractivity contribution in [2.75, 3.05) is 18.0 Å². The summed E-state index contributed by atoms with van der Waals surface area (Å²) in [5.74, 6) is 0.878. The molecule has 1 aliphatic heterocycles. The van der Waals surface area contributed by atoms with E-state index in [0.717, 1.165) is 55.2 Å². The maximum atomic E-state index is 13.0. The average molecular weight is 325 g/mol. The number of aromatic nitrogens is 1. The van der Waals surface area contributed by atoms with Gasteiger partial charge in [-0.25, -0.2) is 0 Å². The molecular weight excluding hydrogens is 298 g/mol. The highest BCUT2D eigenvalue weighted by Crippen LogP contribution is 2.29. The smallest absolute Gasteiger partial charge is 0.233 e. The molecule has 0 aromatic carbocycles. The summed E-state index contributed by atoms with van der Waals surface area (Å²) in [4.78, 5) is 23.9. The van der Waals surface area contributed by atoms with Crippen molar-refractivity contribution >= 4 is 17.3 Å². The van der Waals surface area contributed by atoms with E-state index >= 15 is 0 Å². The van der Waals surface area contributed by atoms with E-state index in [0.29, 0.717) is 6.42 Å². The Morgan fingerprint density at radius 2 is 2.12 bits per heavy atom. The number of carbonyl (C=O) groups excluding carboxylic acids is 1. The number of aliphatic imine (C=N–C) groups is 1. The van der Waals surface area contributed by atoms with Crippen LogP contribution in [0.25, 0.3) is 0 Å². The molecule has 0 atom stereocenters. The van der Waals surface area contributed by atoms with Crippen LogP contribution >= 0.6 is 0 Å². The Hall–Kier alpha value is -1.97. The Bertz CT molecular complexity index is 659. The summed E-state index contributed by atoms with van der Waals surface area (Å²) in [6, 6.07) is 1.97. The molecule has 1 fully saturated rings. The van der Waals surface area contributed by atoms with Crippen LogP contribution in [0, 0.1) is 12.8 Å².